The first-order valence-electron chi connectivity index (χ1n) is 9.28. The van der Waals surface area contributed by atoms with Crippen molar-refractivity contribution in [2.75, 3.05) is 11.1 Å². The Hall–Kier alpha value is -3.03. The van der Waals surface area contributed by atoms with Crippen molar-refractivity contribution in [3.05, 3.63) is 77.6 Å². The summed E-state index contributed by atoms with van der Waals surface area (Å²) < 4.78 is 7.82. The van der Waals surface area contributed by atoms with Crippen LogP contribution in [0.1, 0.15) is 5.82 Å². The SMILES string of the molecule is Cn1c(COc2cccc3ccccc23)nnc1SCC(=O)Nc1ccccc1Cl. The molecule has 0 bridgehead atoms. The van der Waals surface area contributed by atoms with Gasteiger partial charge in [0.15, 0.2) is 11.0 Å². The quantitative estimate of drug-likeness (QED) is 0.414. The van der Waals surface area contributed by atoms with Crippen LogP contribution in [0.3, 0.4) is 0 Å². The summed E-state index contributed by atoms with van der Waals surface area (Å²) in [5.41, 5.74) is 0.590. The Balaban J connectivity index is 1.37. The van der Waals surface area contributed by atoms with Crippen molar-refractivity contribution in [1.82, 2.24) is 14.8 Å². The number of ether oxygens (including phenoxy) is 1. The fourth-order valence-corrected chi connectivity index (χ4v) is 3.85. The zero-order valence-corrected chi connectivity index (χ0v) is 17.8. The monoisotopic (exact) mass is 438 g/mol. The van der Waals surface area contributed by atoms with Crippen LogP contribution < -0.4 is 10.1 Å². The first-order valence-corrected chi connectivity index (χ1v) is 10.6. The summed E-state index contributed by atoms with van der Waals surface area (Å²) in [4.78, 5) is 12.2. The number of nitrogens with zero attached hydrogens (tertiary/aromatic N) is 3. The smallest absolute Gasteiger partial charge is 0.234 e. The van der Waals surface area contributed by atoms with Crippen LogP contribution in [0, 0.1) is 0 Å². The van der Waals surface area contributed by atoms with Crippen LogP contribution >= 0.6 is 23.4 Å². The van der Waals surface area contributed by atoms with Crippen LogP contribution in [0.15, 0.2) is 71.9 Å². The van der Waals surface area contributed by atoms with E-state index in [4.69, 9.17) is 16.3 Å². The molecule has 1 aromatic heterocycles. The lowest BCUT2D eigenvalue weighted by atomic mass is 10.1. The third kappa shape index (κ3) is 4.58. The number of amides is 1. The molecule has 8 heteroatoms. The predicted molar refractivity (Wildman–Crippen MR) is 120 cm³/mol. The van der Waals surface area contributed by atoms with Gasteiger partial charge in [0, 0.05) is 12.4 Å². The minimum atomic E-state index is -0.162. The van der Waals surface area contributed by atoms with Gasteiger partial charge in [-0.15, -0.1) is 10.2 Å². The Bertz CT molecular complexity index is 1190. The number of halogens is 1. The first kappa shape index (κ1) is 20.3. The van der Waals surface area contributed by atoms with Crippen LogP contribution in [-0.2, 0) is 18.4 Å². The second-order valence-electron chi connectivity index (χ2n) is 6.54. The minimum Gasteiger partial charge on any atom is -0.485 e. The molecule has 1 amide bonds. The standard InChI is InChI=1S/C22H19ClN4O2S/c1-27-20(13-29-19-12-6-8-15-7-2-3-9-16(15)19)25-26-22(27)30-14-21(28)24-18-11-5-4-10-17(18)23/h2-12H,13-14H2,1H3,(H,24,28). The van der Waals surface area contributed by atoms with Crippen LogP contribution in [-0.4, -0.2) is 26.4 Å². The van der Waals surface area contributed by atoms with E-state index in [-0.39, 0.29) is 18.3 Å². The summed E-state index contributed by atoms with van der Waals surface area (Å²) in [5, 5.41) is 14.5. The van der Waals surface area contributed by atoms with Gasteiger partial charge < -0.3 is 14.6 Å². The zero-order valence-electron chi connectivity index (χ0n) is 16.2. The molecule has 0 saturated heterocycles. The highest BCUT2D eigenvalue weighted by molar-refractivity contribution is 7.99. The number of rotatable bonds is 7. The molecular formula is C22H19ClN4O2S. The predicted octanol–water partition coefficient (Wildman–Crippen LogP) is 4.93. The number of carbonyl (C=O) groups excluding carboxylic acids is 1. The summed E-state index contributed by atoms with van der Waals surface area (Å²) in [6, 6.07) is 21.1. The fourth-order valence-electron chi connectivity index (χ4n) is 2.94. The van der Waals surface area contributed by atoms with Gasteiger partial charge in [-0.25, -0.2) is 0 Å². The maximum absolute atomic E-state index is 12.2. The van der Waals surface area contributed by atoms with Gasteiger partial charge in [-0.2, -0.15) is 0 Å². The highest BCUT2D eigenvalue weighted by atomic mass is 35.5. The number of benzene rings is 3. The van der Waals surface area contributed by atoms with Crippen LogP contribution in [0.2, 0.25) is 5.02 Å². The molecule has 4 aromatic rings. The van der Waals surface area contributed by atoms with Gasteiger partial charge in [0.05, 0.1) is 16.5 Å². The second kappa shape index (κ2) is 9.19. The molecular weight excluding hydrogens is 420 g/mol. The molecule has 0 radical (unpaired) electrons. The van der Waals surface area contributed by atoms with E-state index in [0.717, 1.165) is 16.5 Å². The van der Waals surface area contributed by atoms with Crippen molar-refractivity contribution in [2.24, 2.45) is 7.05 Å². The molecule has 0 unspecified atom stereocenters. The van der Waals surface area contributed by atoms with Gasteiger partial charge in [-0.3, -0.25) is 4.79 Å². The molecule has 6 nitrogen and oxygen atoms in total. The number of fused-ring (bicyclic) bond motifs is 1. The number of aromatic nitrogens is 3. The van der Waals surface area contributed by atoms with Crippen molar-refractivity contribution in [2.45, 2.75) is 11.8 Å². The number of carbonyl (C=O) groups is 1. The Kier molecular flexibility index (Phi) is 6.21. The molecule has 3 aromatic carbocycles. The second-order valence-corrected chi connectivity index (χ2v) is 7.89. The van der Waals surface area contributed by atoms with E-state index in [1.807, 2.05) is 66.2 Å². The largest absolute Gasteiger partial charge is 0.485 e. The van der Waals surface area contributed by atoms with Crippen molar-refractivity contribution in [1.29, 1.82) is 0 Å². The molecule has 0 aliphatic heterocycles. The fraction of sp³-hybridized carbons (Fsp3) is 0.136. The molecule has 0 aliphatic carbocycles. The Morgan fingerprint density at radius 3 is 2.70 bits per heavy atom. The van der Waals surface area contributed by atoms with Gasteiger partial charge in [-0.05, 0) is 23.6 Å². The van der Waals surface area contributed by atoms with Crippen molar-refractivity contribution < 1.29 is 9.53 Å². The lowest BCUT2D eigenvalue weighted by molar-refractivity contribution is -0.113. The number of thioether (sulfide) groups is 1. The number of anilines is 1. The molecule has 152 valence electrons. The number of hydrogen-bond donors (Lipinski definition) is 1. The van der Waals surface area contributed by atoms with Crippen molar-refractivity contribution in [3.63, 3.8) is 0 Å². The Morgan fingerprint density at radius 2 is 1.83 bits per heavy atom. The highest BCUT2D eigenvalue weighted by Crippen LogP contribution is 2.26. The molecule has 30 heavy (non-hydrogen) atoms. The van der Waals surface area contributed by atoms with Gasteiger partial charge in [-0.1, -0.05) is 71.9 Å². The molecule has 0 atom stereocenters. The molecule has 1 N–H and O–H groups in total. The summed E-state index contributed by atoms with van der Waals surface area (Å²) in [6.07, 6.45) is 0. The number of nitrogens with one attached hydrogen (secondary N) is 1. The summed E-state index contributed by atoms with van der Waals surface area (Å²) in [5.74, 6) is 1.51. The summed E-state index contributed by atoms with van der Waals surface area (Å²) in [7, 11) is 1.86. The lowest BCUT2D eigenvalue weighted by Crippen LogP contribution is -2.14. The maximum atomic E-state index is 12.2. The molecule has 0 spiro atoms. The van der Waals surface area contributed by atoms with Gasteiger partial charge >= 0.3 is 0 Å². The van der Waals surface area contributed by atoms with Crippen molar-refractivity contribution in [3.8, 4) is 5.75 Å². The van der Waals surface area contributed by atoms with Crippen LogP contribution in [0.25, 0.3) is 10.8 Å². The van der Waals surface area contributed by atoms with Crippen LogP contribution in [0.4, 0.5) is 5.69 Å². The average Bonchev–Trinajstić information content (AvgIpc) is 3.12. The number of hydrogen-bond acceptors (Lipinski definition) is 5. The summed E-state index contributed by atoms with van der Waals surface area (Å²) in [6.45, 7) is 0.282. The molecule has 0 saturated carbocycles. The minimum absolute atomic E-state index is 0.162. The maximum Gasteiger partial charge on any atom is 0.234 e. The highest BCUT2D eigenvalue weighted by Gasteiger charge is 2.13. The number of para-hydroxylation sites is 1. The van der Waals surface area contributed by atoms with E-state index in [9.17, 15) is 4.79 Å². The van der Waals surface area contributed by atoms with Gasteiger partial charge in [0.2, 0.25) is 5.91 Å². The first-order chi connectivity index (χ1) is 14.6. The van der Waals surface area contributed by atoms with Gasteiger partial charge in [0.1, 0.15) is 12.4 Å². The third-order valence-corrected chi connectivity index (χ3v) is 5.86. The average molecular weight is 439 g/mol. The van der Waals surface area contributed by atoms with E-state index in [2.05, 4.69) is 15.5 Å². The topological polar surface area (TPSA) is 69.0 Å². The summed E-state index contributed by atoms with van der Waals surface area (Å²) >= 11 is 7.38. The molecule has 1 heterocycles. The van der Waals surface area contributed by atoms with E-state index in [0.29, 0.717) is 21.7 Å². The molecule has 0 aliphatic rings. The Labute approximate surface area is 183 Å². The normalized spacial score (nSPS) is 10.9. The van der Waals surface area contributed by atoms with Gasteiger partial charge in [0.25, 0.3) is 0 Å². The Morgan fingerprint density at radius 1 is 1.07 bits per heavy atom. The van der Waals surface area contributed by atoms with Crippen LogP contribution in [0.5, 0.6) is 5.75 Å². The van der Waals surface area contributed by atoms with E-state index >= 15 is 0 Å². The molecule has 4 rings (SSSR count). The van der Waals surface area contributed by atoms with E-state index in [1.54, 1.807) is 12.1 Å². The zero-order chi connectivity index (χ0) is 20.9. The lowest BCUT2D eigenvalue weighted by Gasteiger charge is -2.09. The third-order valence-electron chi connectivity index (χ3n) is 4.51. The molecule has 0 fully saturated rings. The van der Waals surface area contributed by atoms with E-state index in [1.165, 1.54) is 11.8 Å². The van der Waals surface area contributed by atoms with E-state index < -0.39 is 0 Å². The van der Waals surface area contributed by atoms with Crippen molar-refractivity contribution >= 4 is 45.7 Å².